The molecule has 104 valence electrons. The Morgan fingerprint density at radius 1 is 0.773 bits per heavy atom. The number of hydrogen-bond donors (Lipinski definition) is 0. The normalized spacial score (nSPS) is 10.1. The van der Waals surface area contributed by atoms with Crippen LogP contribution in [0.25, 0.3) is 0 Å². The molecule has 0 radical (unpaired) electrons. The predicted molar refractivity (Wildman–Crippen MR) is 85.4 cm³/mol. The largest absolute Gasteiger partial charge is 0.201 e. The van der Waals surface area contributed by atoms with E-state index < -0.39 is 0 Å². The molecule has 22 heavy (non-hydrogen) atoms. The van der Waals surface area contributed by atoms with Crippen LogP contribution >= 0.6 is 11.5 Å². The molecule has 0 N–H and O–H groups in total. The number of hydrogen-bond acceptors (Lipinski definition) is 4. The van der Waals surface area contributed by atoms with Crippen LogP contribution in [0.15, 0.2) is 60.1 Å². The van der Waals surface area contributed by atoms with Crippen molar-refractivity contribution in [1.82, 2.24) is 4.37 Å². The molecule has 1 heterocycles. The van der Waals surface area contributed by atoms with Crippen molar-refractivity contribution in [2.24, 2.45) is 0 Å². The van der Waals surface area contributed by atoms with Crippen LogP contribution in [0.4, 0.5) is 0 Å². The van der Waals surface area contributed by atoms with E-state index in [2.05, 4.69) is 16.5 Å². The van der Waals surface area contributed by atoms with E-state index in [1.807, 2.05) is 60.1 Å². The van der Waals surface area contributed by atoms with Crippen LogP contribution in [0.3, 0.4) is 0 Å². The van der Waals surface area contributed by atoms with Gasteiger partial charge in [0.15, 0.2) is 0 Å². The summed E-state index contributed by atoms with van der Waals surface area (Å²) in [4.78, 5) is 0. The predicted octanol–water partition coefficient (Wildman–Crippen LogP) is 4.07. The second kappa shape index (κ2) is 6.22. The molecule has 2 aromatic carbocycles. The lowest BCUT2D eigenvalue weighted by molar-refractivity contribution is 0.979. The van der Waals surface area contributed by atoms with Gasteiger partial charge >= 0.3 is 0 Å². The van der Waals surface area contributed by atoms with Crippen LogP contribution in [0, 0.1) is 22.7 Å². The first-order chi connectivity index (χ1) is 10.8. The molecule has 0 aliphatic heterocycles. The highest BCUT2D eigenvalue weighted by Gasteiger charge is 2.17. The minimum atomic E-state index is 0.0548. The van der Waals surface area contributed by atoms with Crippen molar-refractivity contribution in [2.45, 2.75) is 5.92 Å². The molecule has 1 aromatic heterocycles. The zero-order valence-electron chi connectivity index (χ0n) is 11.6. The van der Waals surface area contributed by atoms with Gasteiger partial charge in [-0.05, 0) is 52.5 Å². The highest BCUT2D eigenvalue weighted by Crippen LogP contribution is 2.32. The summed E-state index contributed by atoms with van der Waals surface area (Å²) in [5.41, 5.74) is 4.60. The fourth-order valence-corrected chi connectivity index (χ4v) is 3.00. The van der Waals surface area contributed by atoms with Gasteiger partial charge in [-0.25, -0.2) is 4.37 Å². The van der Waals surface area contributed by atoms with Crippen molar-refractivity contribution in [3.63, 3.8) is 0 Å². The van der Waals surface area contributed by atoms with Crippen LogP contribution in [0.5, 0.6) is 0 Å². The number of aromatic nitrogens is 1. The molecular formula is C18H11N3S. The molecule has 3 aromatic rings. The summed E-state index contributed by atoms with van der Waals surface area (Å²) < 4.78 is 4.20. The molecule has 0 saturated heterocycles. The molecule has 0 fully saturated rings. The molecule has 0 saturated carbocycles. The van der Waals surface area contributed by atoms with Gasteiger partial charge < -0.3 is 0 Å². The van der Waals surface area contributed by atoms with Crippen LogP contribution in [-0.2, 0) is 0 Å². The molecular weight excluding hydrogens is 290 g/mol. The Balaban J connectivity index is 2.07. The van der Waals surface area contributed by atoms with E-state index in [0.717, 1.165) is 16.7 Å². The topological polar surface area (TPSA) is 60.5 Å². The third-order valence-corrected chi connectivity index (χ3v) is 4.14. The van der Waals surface area contributed by atoms with Crippen LogP contribution in [0.1, 0.15) is 33.7 Å². The summed E-state index contributed by atoms with van der Waals surface area (Å²) in [6.45, 7) is 0. The minimum Gasteiger partial charge on any atom is -0.201 e. The lowest BCUT2D eigenvalue weighted by Crippen LogP contribution is -2.02. The maximum Gasteiger partial charge on any atom is 0.0991 e. The van der Waals surface area contributed by atoms with E-state index in [-0.39, 0.29) is 5.92 Å². The molecule has 4 heteroatoms. The molecule has 0 bridgehead atoms. The molecule has 0 unspecified atom stereocenters. The van der Waals surface area contributed by atoms with Gasteiger partial charge in [0.25, 0.3) is 0 Å². The smallest absolute Gasteiger partial charge is 0.0991 e. The fourth-order valence-electron chi connectivity index (χ4n) is 2.43. The molecule has 0 spiro atoms. The number of nitrogens with zero attached hydrogens (tertiary/aromatic N) is 3. The van der Waals surface area contributed by atoms with E-state index in [1.54, 1.807) is 0 Å². The van der Waals surface area contributed by atoms with Gasteiger partial charge in [-0.1, -0.05) is 24.3 Å². The molecule has 0 aliphatic rings. The van der Waals surface area contributed by atoms with Crippen molar-refractivity contribution in [3.8, 4) is 12.1 Å². The summed E-state index contributed by atoms with van der Waals surface area (Å²) in [5, 5.41) is 19.9. The van der Waals surface area contributed by atoms with E-state index in [9.17, 15) is 0 Å². The zero-order valence-corrected chi connectivity index (χ0v) is 12.4. The van der Waals surface area contributed by atoms with E-state index in [0.29, 0.717) is 11.1 Å². The summed E-state index contributed by atoms with van der Waals surface area (Å²) in [6.07, 6.45) is 1.87. The first-order valence-electron chi connectivity index (χ1n) is 6.71. The van der Waals surface area contributed by atoms with Gasteiger partial charge in [0.2, 0.25) is 0 Å². The summed E-state index contributed by atoms with van der Waals surface area (Å²) in [7, 11) is 0. The van der Waals surface area contributed by atoms with Gasteiger partial charge in [0.1, 0.15) is 0 Å². The Hall–Kier alpha value is -2.95. The van der Waals surface area contributed by atoms with Crippen LogP contribution < -0.4 is 0 Å². The van der Waals surface area contributed by atoms with Crippen molar-refractivity contribution in [3.05, 3.63) is 87.9 Å². The Morgan fingerprint density at radius 2 is 1.27 bits per heavy atom. The molecule has 3 nitrogen and oxygen atoms in total. The maximum absolute atomic E-state index is 8.94. The van der Waals surface area contributed by atoms with Gasteiger partial charge in [0.05, 0.1) is 23.3 Å². The lowest BCUT2D eigenvalue weighted by atomic mass is 9.86. The monoisotopic (exact) mass is 301 g/mol. The fraction of sp³-hybridized carbons (Fsp3) is 0.0556. The summed E-state index contributed by atoms with van der Waals surface area (Å²) >= 11 is 1.42. The average Bonchev–Trinajstić information content (AvgIpc) is 3.10. The third kappa shape index (κ3) is 2.74. The highest BCUT2D eigenvalue weighted by molar-refractivity contribution is 7.03. The van der Waals surface area contributed by atoms with Crippen molar-refractivity contribution in [2.75, 3.05) is 0 Å². The van der Waals surface area contributed by atoms with Crippen LogP contribution in [-0.4, -0.2) is 4.37 Å². The SMILES string of the molecule is N#Cc1ccc(C(c2ccc(C#N)cc2)c2cnsc2)cc1. The Kier molecular flexibility index (Phi) is 3.96. The van der Waals surface area contributed by atoms with Gasteiger partial charge in [-0.2, -0.15) is 10.5 Å². The van der Waals surface area contributed by atoms with Gasteiger partial charge in [-0.3, -0.25) is 0 Å². The summed E-state index contributed by atoms with van der Waals surface area (Å²) in [5.74, 6) is 0.0548. The molecule has 0 aliphatic carbocycles. The van der Waals surface area contributed by atoms with Gasteiger partial charge in [0, 0.05) is 17.5 Å². The minimum absolute atomic E-state index is 0.0548. The second-order valence-corrected chi connectivity index (χ2v) is 5.52. The highest BCUT2D eigenvalue weighted by atomic mass is 32.1. The van der Waals surface area contributed by atoms with E-state index in [4.69, 9.17) is 10.5 Å². The lowest BCUT2D eigenvalue weighted by Gasteiger charge is -2.17. The summed E-state index contributed by atoms with van der Waals surface area (Å²) in [6, 6.07) is 19.5. The quantitative estimate of drug-likeness (QED) is 0.732. The molecule has 0 atom stereocenters. The zero-order chi connectivity index (χ0) is 15.4. The van der Waals surface area contributed by atoms with E-state index in [1.165, 1.54) is 11.5 Å². The first-order valence-corrected chi connectivity index (χ1v) is 7.55. The van der Waals surface area contributed by atoms with E-state index >= 15 is 0 Å². The second-order valence-electron chi connectivity index (χ2n) is 4.86. The Labute approximate surface area is 132 Å². The molecule has 3 rings (SSSR count). The standard InChI is InChI=1S/C18H11N3S/c19-9-13-1-5-15(6-2-13)18(17-11-21-22-12-17)16-7-3-14(10-20)4-8-16/h1-8,11-12,18H. The molecule has 0 amide bonds. The Morgan fingerprint density at radius 3 is 1.64 bits per heavy atom. The Bertz CT molecular complexity index is 778. The maximum atomic E-state index is 8.94. The van der Waals surface area contributed by atoms with Gasteiger partial charge in [-0.15, -0.1) is 0 Å². The first kappa shape index (κ1) is 14.0. The number of rotatable bonds is 3. The van der Waals surface area contributed by atoms with Crippen molar-refractivity contribution >= 4 is 11.5 Å². The van der Waals surface area contributed by atoms with Crippen molar-refractivity contribution < 1.29 is 0 Å². The van der Waals surface area contributed by atoms with Crippen molar-refractivity contribution in [1.29, 1.82) is 10.5 Å². The van der Waals surface area contributed by atoms with Crippen LogP contribution in [0.2, 0.25) is 0 Å². The number of benzene rings is 2. The third-order valence-electron chi connectivity index (χ3n) is 3.53. The average molecular weight is 301 g/mol. The number of nitriles is 2.